The number of carboxylic acids is 1. The molecule has 2 amide bonds. The van der Waals surface area contributed by atoms with Gasteiger partial charge in [-0.2, -0.15) is 0 Å². The molecule has 0 aromatic heterocycles. The Balaban J connectivity index is 2.30. The van der Waals surface area contributed by atoms with Gasteiger partial charge in [0.2, 0.25) is 11.8 Å². The van der Waals surface area contributed by atoms with Gasteiger partial charge in [-0.25, -0.2) is 4.79 Å². The maximum atomic E-state index is 11.6. The number of hydrogen-bond acceptors (Lipinski definition) is 5. The number of carbonyl (C=O) groups is 4. The second-order valence-electron chi connectivity index (χ2n) is 4.77. The van der Waals surface area contributed by atoms with Gasteiger partial charge in [-0.15, -0.1) is 0 Å². The Morgan fingerprint density at radius 3 is 2.43 bits per heavy atom. The van der Waals surface area contributed by atoms with Crippen LogP contribution in [0.4, 0.5) is 0 Å². The van der Waals surface area contributed by atoms with Crippen LogP contribution in [0.3, 0.4) is 0 Å². The summed E-state index contributed by atoms with van der Waals surface area (Å²) < 4.78 is 5.39. The van der Waals surface area contributed by atoms with E-state index in [1.54, 1.807) is 24.3 Å². The number of aliphatic carboxylic acids is 1. The molecule has 0 aliphatic carbocycles. The van der Waals surface area contributed by atoms with Crippen molar-refractivity contribution in [2.75, 3.05) is 6.61 Å². The number of nitrogens with one attached hydrogen (secondary N) is 1. The van der Waals surface area contributed by atoms with Crippen molar-refractivity contribution in [1.29, 1.82) is 0 Å². The van der Waals surface area contributed by atoms with Crippen LogP contribution >= 0.6 is 0 Å². The molecule has 1 unspecified atom stereocenters. The number of hydrogen-bond donors (Lipinski definition) is 3. The molecule has 1 atom stereocenters. The molecule has 0 saturated heterocycles. The zero-order chi connectivity index (χ0) is 17.2. The van der Waals surface area contributed by atoms with Crippen LogP contribution in [-0.2, 0) is 14.4 Å². The number of ether oxygens (including phenoxy) is 1. The van der Waals surface area contributed by atoms with Crippen LogP contribution in [-0.4, -0.2) is 41.8 Å². The van der Waals surface area contributed by atoms with Crippen molar-refractivity contribution in [2.24, 2.45) is 5.73 Å². The van der Waals surface area contributed by atoms with Crippen molar-refractivity contribution in [3.8, 4) is 5.75 Å². The molecule has 0 saturated carbocycles. The number of nitrogens with two attached hydrogens (primary N) is 1. The molecule has 0 spiro atoms. The Hall–Kier alpha value is -2.90. The highest BCUT2D eigenvalue weighted by atomic mass is 16.5. The molecular formula is C15H18N2O6. The fourth-order valence-electron chi connectivity index (χ4n) is 1.73. The highest BCUT2D eigenvalue weighted by molar-refractivity contribution is 5.88. The first-order chi connectivity index (χ1) is 10.9. The third-order valence-electron chi connectivity index (χ3n) is 2.87. The average Bonchev–Trinajstić information content (AvgIpc) is 2.51. The summed E-state index contributed by atoms with van der Waals surface area (Å²) in [4.78, 5) is 43.7. The van der Waals surface area contributed by atoms with E-state index >= 15 is 0 Å². The second-order valence-corrected chi connectivity index (χ2v) is 4.77. The van der Waals surface area contributed by atoms with Gasteiger partial charge in [-0.3, -0.25) is 14.4 Å². The molecule has 124 valence electrons. The van der Waals surface area contributed by atoms with Crippen LogP contribution in [0.5, 0.6) is 5.75 Å². The maximum absolute atomic E-state index is 11.6. The number of benzene rings is 1. The van der Waals surface area contributed by atoms with Gasteiger partial charge < -0.3 is 20.9 Å². The quantitative estimate of drug-likeness (QED) is 0.413. The van der Waals surface area contributed by atoms with Crippen LogP contribution in [0.1, 0.15) is 29.6 Å². The molecule has 0 heterocycles. The molecule has 23 heavy (non-hydrogen) atoms. The summed E-state index contributed by atoms with van der Waals surface area (Å²) >= 11 is 0. The Morgan fingerprint density at radius 2 is 1.91 bits per heavy atom. The molecule has 1 aromatic carbocycles. The lowest BCUT2D eigenvalue weighted by Crippen LogP contribution is -2.43. The zero-order valence-corrected chi connectivity index (χ0v) is 12.4. The molecule has 1 aromatic rings. The lowest BCUT2D eigenvalue weighted by molar-refractivity contribution is -0.143. The minimum Gasteiger partial charge on any atom is -0.494 e. The first kappa shape index (κ1) is 18.1. The van der Waals surface area contributed by atoms with Crippen molar-refractivity contribution in [3.05, 3.63) is 29.8 Å². The number of carbonyl (C=O) groups excluding carboxylic acids is 3. The normalized spacial score (nSPS) is 11.3. The van der Waals surface area contributed by atoms with E-state index in [-0.39, 0.29) is 13.0 Å². The molecule has 0 fully saturated rings. The Labute approximate surface area is 132 Å². The molecule has 8 heteroatoms. The van der Waals surface area contributed by atoms with Crippen LogP contribution in [0.15, 0.2) is 24.3 Å². The van der Waals surface area contributed by atoms with Gasteiger partial charge in [0.15, 0.2) is 0 Å². The summed E-state index contributed by atoms with van der Waals surface area (Å²) in [5, 5.41) is 11.1. The minimum atomic E-state index is -1.32. The summed E-state index contributed by atoms with van der Waals surface area (Å²) in [5.41, 5.74) is 5.45. The van der Waals surface area contributed by atoms with E-state index in [9.17, 15) is 19.2 Å². The molecule has 0 bridgehead atoms. The third-order valence-corrected chi connectivity index (χ3v) is 2.87. The third kappa shape index (κ3) is 7.07. The summed E-state index contributed by atoms with van der Waals surface area (Å²) in [7, 11) is 0. The van der Waals surface area contributed by atoms with E-state index in [0.717, 1.165) is 6.29 Å². The SMILES string of the molecule is NC(=O)CC(NC(=O)CCCOc1ccc(C=O)cc1)C(=O)O. The standard InChI is InChI=1S/C15H18N2O6/c16-13(19)8-12(15(21)22)17-14(20)2-1-7-23-11-5-3-10(9-18)4-6-11/h3-6,9,12H,1-2,7-8H2,(H2,16,19)(H,17,20)(H,21,22). The maximum Gasteiger partial charge on any atom is 0.326 e. The van der Waals surface area contributed by atoms with Gasteiger partial charge in [0.1, 0.15) is 18.1 Å². The summed E-state index contributed by atoms with van der Waals surface area (Å²) in [6.07, 6.45) is 0.679. The van der Waals surface area contributed by atoms with Crippen LogP contribution in [0, 0.1) is 0 Å². The zero-order valence-electron chi connectivity index (χ0n) is 12.4. The number of amides is 2. The average molecular weight is 322 g/mol. The number of carboxylic acid groups (broad SMARTS) is 1. The molecule has 1 rings (SSSR count). The second kappa shape index (κ2) is 9.19. The number of aldehydes is 1. The molecular weight excluding hydrogens is 304 g/mol. The molecule has 0 radical (unpaired) electrons. The highest BCUT2D eigenvalue weighted by Gasteiger charge is 2.21. The van der Waals surface area contributed by atoms with Crippen LogP contribution < -0.4 is 15.8 Å². The first-order valence-electron chi connectivity index (χ1n) is 6.91. The van der Waals surface area contributed by atoms with Crippen molar-refractivity contribution < 1.29 is 29.0 Å². The summed E-state index contributed by atoms with van der Waals surface area (Å²) in [6.45, 7) is 0.251. The van der Waals surface area contributed by atoms with E-state index in [1.807, 2.05) is 0 Å². The van der Waals surface area contributed by atoms with Crippen LogP contribution in [0.2, 0.25) is 0 Å². The van der Waals surface area contributed by atoms with E-state index in [1.165, 1.54) is 0 Å². The molecule has 0 aliphatic heterocycles. The fourth-order valence-corrected chi connectivity index (χ4v) is 1.73. The van der Waals surface area contributed by atoms with E-state index in [4.69, 9.17) is 15.6 Å². The predicted octanol–water partition coefficient (Wildman–Crippen LogP) is 0.103. The van der Waals surface area contributed by atoms with E-state index in [2.05, 4.69) is 5.32 Å². The Bertz CT molecular complexity index is 570. The van der Waals surface area contributed by atoms with Crippen molar-refractivity contribution in [2.45, 2.75) is 25.3 Å². The molecule has 0 aliphatic rings. The van der Waals surface area contributed by atoms with Gasteiger partial charge in [0, 0.05) is 12.0 Å². The first-order valence-corrected chi connectivity index (χ1v) is 6.91. The summed E-state index contributed by atoms with van der Waals surface area (Å²) in [5.74, 6) is -2.06. The van der Waals surface area contributed by atoms with Gasteiger partial charge in [-0.1, -0.05) is 0 Å². The van der Waals surface area contributed by atoms with E-state index < -0.39 is 30.2 Å². The highest BCUT2D eigenvalue weighted by Crippen LogP contribution is 2.11. The lowest BCUT2D eigenvalue weighted by atomic mass is 10.2. The Morgan fingerprint density at radius 1 is 1.26 bits per heavy atom. The van der Waals surface area contributed by atoms with Gasteiger partial charge in [-0.05, 0) is 30.7 Å². The predicted molar refractivity (Wildman–Crippen MR) is 79.9 cm³/mol. The minimum absolute atomic E-state index is 0.0506. The topological polar surface area (TPSA) is 136 Å². The van der Waals surface area contributed by atoms with Gasteiger partial charge >= 0.3 is 5.97 Å². The molecule has 4 N–H and O–H groups in total. The van der Waals surface area contributed by atoms with Gasteiger partial charge in [0.05, 0.1) is 13.0 Å². The monoisotopic (exact) mass is 322 g/mol. The Kier molecular flexibility index (Phi) is 7.25. The fraction of sp³-hybridized carbons (Fsp3) is 0.333. The van der Waals surface area contributed by atoms with Crippen molar-refractivity contribution in [3.63, 3.8) is 0 Å². The van der Waals surface area contributed by atoms with Gasteiger partial charge in [0.25, 0.3) is 0 Å². The summed E-state index contributed by atoms with van der Waals surface area (Å²) in [6, 6.07) is 5.16. The van der Waals surface area contributed by atoms with Crippen molar-refractivity contribution in [1.82, 2.24) is 5.32 Å². The largest absolute Gasteiger partial charge is 0.494 e. The van der Waals surface area contributed by atoms with Crippen LogP contribution in [0.25, 0.3) is 0 Å². The smallest absolute Gasteiger partial charge is 0.326 e. The number of primary amides is 1. The molecule has 8 nitrogen and oxygen atoms in total. The van der Waals surface area contributed by atoms with E-state index in [0.29, 0.717) is 17.7 Å². The van der Waals surface area contributed by atoms with Crippen molar-refractivity contribution >= 4 is 24.1 Å². The lowest BCUT2D eigenvalue weighted by Gasteiger charge is -2.12. The number of rotatable bonds is 10.